The molecule has 1 spiro atoms. The molecule has 0 aliphatic heterocycles. The molecule has 13 rings (SSSR count). The summed E-state index contributed by atoms with van der Waals surface area (Å²) in [5, 5.41) is 7.84. The molecular formula is C54H33N3. The molecular weight excluding hydrogens is 691 g/mol. The van der Waals surface area contributed by atoms with Gasteiger partial charge in [-0.25, -0.2) is 4.98 Å². The van der Waals surface area contributed by atoms with Crippen LogP contribution in [0.1, 0.15) is 22.3 Å². The lowest BCUT2D eigenvalue weighted by molar-refractivity contribution is 0.794. The first-order valence-corrected chi connectivity index (χ1v) is 19.7. The average molecular weight is 724 g/mol. The summed E-state index contributed by atoms with van der Waals surface area (Å²) >= 11 is 0. The van der Waals surface area contributed by atoms with Gasteiger partial charge in [0.05, 0.1) is 16.4 Å². The van der Waals surface area contributed by atoms with Gasteiger partial charge in [-0.1, -0.05) is 152 Å². The van der Waals surface area contributed by atoms with E-state index in [1.54, 1.807) is 0 Å². The molecule has 0 fully saturated rings. The summed E-state index contributed by atoms with van der Waals surface area (Å²) in [4.78, 5) is 4.61. The van der Waals surface area contributed by atoms with E-state index in [0.717, 1.165) is 22.3 Å². The Labute approximate surface area is 329 Å². The predicted molar refractivity (Wildman–Crippen MR) is 236 cm³/mol. The normalized spacial score (nSPS) is 13.5. The Hall–Kier alpha value is -7.49. The van der Waals surface area contributed by atoms with Gasteiger partial charge in [0.1, 0.15) is 0 Å². The average Bonchev–Trinajstić information content (AvgIpc) is 3.87. The quantitative estimate of drug-likeness (QED) is 0.184. The van der Waals surface area contributed by atoms with E-state index >= 15 is 0 Å². The number of hydrogen-bond donors (Lipinski definition) is 1. The summed E-state index contributed by atoms with van der Waals surface area (Å²) in [6.45, 7) is 0. The summed E-state index contributed by atoms with van der Waals surface area (Å²) in [5.74, 6) is 0.487. The molecule has 3 heteroatoms. The summed E-state index contributed by atoms with van der Waals surface area (Å²) < 4.78 is 2.03. The highest BCUT2D eigenvalue weighted by Gasteiger charge is 2.51. The van der Waals surface area contributed by atoms with Gasteiger partial charge in [-0.05, 0) is 135 Å². The van der Waals surface area contributed by atoms with Crippen molar-refractivity contribution in [2.45, 2.75) is 5.41 Å². The molecule has 2 N–H and O–H groups in total. The minimum Gasteiger partial charge on any atom is -0.369 e. The Balaban J connectivity index is 1.03. The van der Waals surface area contributed by atoms with Gasteiger partial charge in [0.15, 0.2) is 0 Å². The van der Waals surface area contributed by atoms with E-state index in [-0.39, 0.29) is 0 Å². The van der Waals surface area contributed by atoms with Crippen molar-refractivity contribution in [2.24, 2.45) is 0 Å². The lowest BCUT2D eigenvalue weighted by Crippen LogP contribution is -2.26. The minimum absolute atomic E-state index is 0.474. The summed E-state index contributed by atoms with van der Waals surface area (Å²) in [5.41, 5.74) is 24.2. The van der Waals surface area contributed by atoms with Crippen molar-refractivity contribution in [1.82, 2.24) is 9.55 Å². The molecule has 3 nitrogen and oxygen atoms in total. The van der Waals surface area contributed by atoms with Crippen LogP contribution < -0.4 is 5.73 Å². The van der Waals surface area contributed by atoms with Crippen molar-refractivity contribution in [1.29, 1.82) is 0 Å². The van der Waals surface area contributed by atoms with Crippen molar-refractivity contribution in [2.75, 3.05) is 5.73 Å². The number of nitrogens with two attached hydrogens (primary N) is 1. The van der Waals surface area contributed by atoms with Crippen LogP contribution in [0, 0.1) is 0 Å². The van der Waals surface area contributed by atoms with Crippen LogP contribution in [-0.4, -0.2) is 9.55 Å². The SMILES string of the molecule is Nc1nc2ccccc2n1-c1ccc(-c2ccc3c(c2)C2(c4ccccc4-c4ccccc42)c2cc(-c4ccc5ccc6cccc7ccc4c5c67)ccc2-3)cc1. The number of fused-ring (bicyclic) bond motifs is 11. The molecule has 0 atom stereocenters. The van der Waals surface area contributed by atoms with E-state index in [9.17, 15) is 0 Å². The minimum atomic E-state index is -0.474. The zero-order valence-corrected chi connectivity index (χ0v) is 30.9. The van der Waals surface area contributed by atoms with Crippen molar-refractivity contribution in [3.05, 3.63) is 210 Å². The summed E-state index contributed by atoms with van der Waals surface area (Å²) in [7, 11) is 0. The Morgan fingerprint density at radius 1 is 0.404 bits per heavy atom. The van der Waals surface area contributed by atoms with Gasteiger partial charge in [0.25, 0.3) is 0 Å². The number of anilines is 1. The molecule has 0 saturated carbocycles. The molecule has 1 heterocycles. The van der Waals surface area contributed by atoms with Gasteiger partial charge in [-0.3, -0.25) is 4.57 Å². The maximum absolute atomic E-state index is 6.44. The third-order valence-corrected chi connectivity index (χ3v) is 13.0. The predicted octanol–water partition coefficient (Wildman–Crippen LogP) is 13.2. The maximum atomic E-state index is 6.44. The molecule has 0 saturated heterocycles. The number of benzene rings is 10. The number of aromatic nitrogens is 2. The number of rotatable bonds is 3. The molecule has 0 radical (unpaired) electrons. The van der Waals surface area contributed by atoms with Crippen molar-refractivity contribution >= 4 is 49.3 Å². The molecule has 264 valence electrons. The van der Waals surface area contributed by atoms with Crippen molar-refractivity contribution in [3.63, 3.8) is 0 Å². The molecule has 0 amide bonds. The second-order valence-electron chi connectivity index (χ2n) is 15.7. The van der Waals surface area contributed by atoms with E-state index < -0.39 is 5.41 Å². The highest BCUT2D eigenvalue weighted by Crippen LogP contribution is 2.63. The fourth-order valence-electron chi connectivity index (χ4n) is 10.6. The Kier molecular flexibility index (Phi) is 5.97. The monoisotopic (exact) mass is 723 g/mol. The van der Waals surface area contributed by atoms with E-state index in [0.29, 0.717) is 5.95 Å². The standard InChI is InChI=1S/C54H33N3/c55-53-56-49-14-5-6-15-50(49)57(53)38-24-18-32(19-25-38)36-22-27-42-43-28-23-37(39-26-20-35-17-16-33-8-7-9-34-21-29-44(39)52(35)51(33)34)31-48(43)54(47(42)30-36)45-12-3-1-10-40(45)41-11-2-4-13-46(41)54/h1-31H,(H2,55,56). The van der Waals surface area contributed by atoms with E-state index in [1.165, 1.54) is 93.5 Å². The fourth-order valence-corrected chi connectivity index (χ4v) is 10.6. The number of para-hydroxylation sites is 2. The van der Waals surface area contributed by atoms with Crippen LogP contribution in [0.3, 0.4) is 0 Å². The van der Waals surface area contributed by atoms with Crippen molar-refractivity contribution in [3.8, 4) is 50.2 Å². The van der Waals surface area contributed by atoms with Gasteiger partial charge < -0.3 is 5.73 Å². The van der Waals surface area contributed by atoms with Gasteiger partial charge in [0.2, 0.25) is 5.95 Å². The molecule has 0 bridgehead atoms. The number of nitrogen functional groups attached to an aromatic ring is 1. The van der Waals surface area contributed by atoms with Gasteiger partial charge in [0, 0.05) is 5.69 Å². The van der Waals surface area contributed by atoms with Crippen LogP contribution in [0.4, 0.5) is 5.95 Å². The Bertz CT molecular complexity index is 3420. The second-order valence-corrected chi connectivity index (χ2v) is 15.7. The third-order valence-electron chi connectivity index (χ3n) is 13.0. The van der Waals surface area contributed by atoms with E-state index in [4.69, 9.17) is 5.73 Å². The number of hydrogen-bond acceptors (Lipinski definition) is 2. The van der Waals surface area contributed by atoms with Crippen LogP contribution in [-0.2, 0) is 5.41 Å². The lowest BCUT2D eigenvalue weighted by atomic mass is 9.70. The topological polar surface area (TPSA) is 43.8 Å². The number of nitrogens with zero attached hydrogens (tertiary/aromatic N) is 2. The van der Waals surface area contributed by atoms with E-state index in [2.05, 4.69) is 175 Å². The van der Waals surface area contributed by atoms with Gasteiger partial charge >= 0.3 is 0 Å². The molecule has 2 aliphatic carbocycles. The lowest BCUT2D eigenvalue weighted by Gasteiger charge is -2.31. The largest absolute Gasteiger partial charge is 0.369 e. The van der Waals surface area contributed by atoms with Crippen LogP contribution in [0.5, 0.6) is 0 Å². The Morgan fingerprint density at radius 3 is 1.68 bits per heavy atom. The van der Waals surface area contributed by atoms with Gasteiger partial charge in [-0.15, -0.1) is 0 Å². The highest BCUT2D eigenvalue weighted by molar-refractivity contribution is 6.25. The third kappa shape index (κ3) is 3.97. The summed E-state index contributed by atoms with van der Waals surface area (Å²) in [6, 6.07) is 69.7. The van der Waals surface area contributed by atoms with Crippen LogP contribution >= 0.6 is 0 Å². The second kappa shape index (κ2) is 11.1. The fraction of sp³-hybridized carbons (Fsp3) is 0.0185. The molecule has 11 aromatic rings. The zero-order valence-electron chi connectivity index (χ0n) is 30.9. The first-order chi connectivity index (χ1) is 28.2. The molecule has 0 unspecified atom stereocenters. The Morgan fingerprint density at radius 2 is 0.947 bits per heavy atom. The highest BCUT2D eigenvalue weighted by atomic mass is 15.2. The smallest absolute Gasteiger partial charge is 0.205 e. The molecule has 10 aromatic carbocycles. The van der Waals surface area contributed by atoms with Crippen LogP contribution in [0.15, 0.2) is 188 Å². The molecule has 2 aliphatic rings. The summed E-state index contributed by atoms with van der Waals surface area (Å²) in [6.07, 6.45) is 0. The molecule has 1 aromatic heterocycles. The molecule has 57 heavy (non-hydrogen) atoms. The number of imidazole rings is 1. The first kappa shape index (κ1) is 30.8. The first-order valence-electron chi connectivity index (χ1n) is 19.7. The van der Waals surface area contributed by atoms with Crippen LogP contribution in [0.25, 0.3) is 93.5 Å². The van der Waals surface area contributed by atoms with Crippen LogP contribution in [0.2, 0.25) is 0 Å². The zero-order chi connectivity index (χ0) is 37.4. The van der Waals surface area contributed by atoms with Gasteiger partial charge in [-0.2, -0.15) is 0 Å². The van der Waals surface area contributed by atoms with E-state index in [1.807, 2.05) is 22.8 Å². The van der Waals surface area contributed by atoms with Crippen molar-refractivity contribution < 1.29 is 0 Å². The maximum Gasteiger partial charge on any atom is 0.205 e.